The van der Waals surface area contributed by atoms with Crippen molar-refractivity contribution in [1.29, 1.82) is 0 Å². The molecule has 0 saturated heterocycles. The zero-order valence-corrected chi connectivity index (χ0v) is 13.0. The smallest absolute Gasteiger partial charge is 0.152 e. The Morgan fingerprint density at radius 2 is 2.14 bits per heavy atom. The molecule has 0 aliphatic rings. The Hall–Kier alpha value is -1.83. The maximum atomic E-state index is 5.53. The quantitative estimate of drug-likeness (QED) is 0.427. The predicted octanol–water partition coefficient (Wildman–Crippen LogP) is 3.28. The SMILES string of the molecule is COc1ccccc1SCc1nc(NN)c2ccsc2n1. The molecule has 0 saturated carbocycles. The molecular formula is C14H14N4OS2. The van der Waals surface area contributed by atoms with E-state index >= 15 is 0 Å². The van der Waals surface area contributed by atoms with E-state index < -0.39 is 0 Å². The number of benzene rings is 1. The molecule has 7 heteroatoms. The number of rotatable bonds is 5. The van der Waals surface area contributed by atoms with Crippen LogP contribution in [0.25, 0.3) is 10.2 Å². The number of anilines is 1. The Morgan fingerprint density at radius 3 is 2.95 bits per heavy atom. The lowest BCUT2D eigenvalue weighted by atomic mass is 10.3. The number of nitrogens with one attached hydrogen (secondary N) is 1. The van der Waals surface area contributed by atoms with Gasteiger partial charge in [0.05, 0.1) is 18.2 Å². The number of hydrazine groups is 1. The first-order valence-electron chi connectivity index (χ1n) is 6.28. The normalized spacial score (nSPS) is 10.8. The van der Waals surface area contributed by atoms with Gasteiger partial charge in [-0.15, -0.1) is 23.1 Å². The van der Waals surface area contributed by atoms with E-state index in [-0.39, 0.29) is 0 Å². The second-order valence-electron chi connectivity index (χ2n) is 4.21. The van der Waals surface area contributed by atoms with Gasteiger partial charge in [0.2, 0.25) is 0 Å². The predicted molar refractivity (Wildman–Crippen MR) is 87.8 cm³/mol. The van der Waals surface area contributed by atoms with Crippen LogP contribution in [-0.4, -0.2) is 17.1 Å². The van der Waals surface area contributed by atoms with E-state index in [9.17, 15) is 0 Å². The summed E-state index contributed by atoms with van der Waals surface area (Å²) < 4.78 is 5.34. The van der Waals surface area contributed by atoms with E-state index in [4.69, 9.17) is 10.6 Å². The summed E-state index contributed by atoms with van der Waals surface area (Å²) >= 11 is 3.22. The van der Waals surface area contributed by atoms with E-state index in [1.165, 1.54) is 0 Å². The summed E-state index contributed by atoms with van der Waals surface area (Å²) in [5.74, 6) is 8.46. The van der Waals surface area contributed by atoms with Crippen molar-refractivity contribution in [3.05, 3.63) is 41.5 Å². The van der Waals surface area contributed by atoms with Crippen molar-refractivity contribution < 1.29 is 4.74 Å². The van der Waals surface area contributed by atoms with Crippen LogP contribution in [0.5, 0.6) is 5.75 Å². The summed E-state index contributed by atoms with van der Waals surface area (Å²) in [4.78, 5) is 11.0. The van der Waals surface area contributed by atoms with Gasteiger partial charge in [-0.25, -0.2) is 15.8 Å². The fourth-order valence-corrected chi connectivity index (χ4v) is 3.62. The van der Waals surface area contributed by atoms with Gasteiger partial charge in [-0.3, -0.25) is 0 Å². The Kier molecular flexibility index (Phi) is 4.23. The van der Waals surface area contributed by atoms with E-state index in [1.807, 2.05) is 35.7 Å². The minimum absolute atomic E-state index is 0.656. The van der Waals surface area contributed by atoms with Crippen LogP contribution in [0.2, 0.25) is 0 Å². The van der Waals surface area contributed by atoms with Crippen molar-refractivity contribution in [2.24, 2.45) is 5.84 Å². The van der Waals surface area contributed by atoms with Gasteiger partial charge in [-0.05, 0) is 23.6 Å². The average Bonchev–Trinajstić information content (AvgIpc) is 3.00. The number of nitrogens with two attached hydrogens (primary N) is 1. The largest absolute Gasteiger partial charge is 0.496 e. The number of para-hydroxylation sites is 1. The van der Waals surface area contributed by atoms with Gasteiger partial charge < -0.3 is 10.2 Å². The second kappa shape index (κ2) is 6.30. The van der Waals surface area contributed by atoms with Crippen LogP contribution in [0.15, 0.2) is 40.6 Å². The van der Waals surface area contributed by atoms with Gasteiger partial charge in [-0.2, -0.15) is 0 Å². The van der Waals surface area contributed by atoms with Crippen molar-refractivity contribution in [3.8, 4) is 5.75 Å². The van der Waals surface area contributed by atoms with Crippen LogP contribution in [-0.2, 0) is 5.75 Å². The Labute approximate surface area is 130 Å². The van der Waals surface area contributed by atoms with Gasteiger partial charge in [0.15, 0.2) is 5.82 Å². The Morgan fingerprint density at radius 1 is 1.29 bits per heavy atom. The van der Waals surface area contributed by atoms with Gasteiger partial charge in [-0.1, -0.05) is 12.1 Å². The summed E-state index contributed by atoms with van der Waals surface area (Å²) in [6.45, 7) is 0. The lowest BCUT2D eigenvalue weighted by Gasteiger charge is -2.08. The highest BCUT2D eigenvalue weighted by molar-refractivity contribution is 7.98. The molecule has 0 radical (unpaired) electrons. The summed E-state index contributed by atoms with van der Waals surface area (Å²) in [5, 5.41) is 2.94. The van der Waals surface area contributed by atoms with Gasteiger partial charge in [0.25, 0.3) is 0 Å². The number of methoxy groups -OCH3 is 1. The monoisotopic (exact) mass is 318 g/mol. The first-order chi connectivity index (χ1) is 10.3. The highest BCUT2D eigenvalue weighted by atomic mass is 32.2. The molecule has 3 rings (SSSR count). The molecule has 0 aliphatic heterocycles. The number of thiophene rings is 1. The molecule has 3 N–H and O–H groups in total. The molecule has 21 heavy (non-hydrogen) atoms. The summed E-state index contributed by atoms with van der Waals surface area (Å²) in [6, 6.07) is 9.87. The minimum atomic E-state index is 0.656. The highest BCUT2D eigenvalue weighted by Gasteiger charge is 2.09. The van der Waals surface area contributed by atoms with Crippen LogP contribution in [0, 0.1) is 0 Å². The standard InChI is InChI=1S/C14H14N4OS2/c1-19-10-4-2-3-5-11(10)21-8-12-16-13(18-15)9-6-7-20-14(9)17-12/h2-7H,8,15H2,1H3,(H,16,17,18). The summed E-state index contributed by atoms with van der Waals surface area (Å²) in [7, 11) is 1.67. The fraction of sp³-hybridized carbons (Fsp3) is 0.143. The number of thioether (sulfide) groups is 1. The highest BCUT2D eigenvalue weighted by Crippen LogP contribution is 2.32. The molecular weight excluding hydrogens is 304 g/mol. The summed E-state index contributed by atoms with van der Waals surface area (Å²) in [6.07, 6.45) is 0. The number of hydrogen-bond acceptors (Lipinski definition) is 7. The van der Waals surface area contributed by atoms with Gasteiger partial charge in [0, 0.05) is 4.90 Å². The number of aromatic nitrogens is 2. The zero-order valence-electron chi connectivity index (χ0n) is 11.4. The minimum Gasteiger partial charge on any atom is -0.496 e. The number of nitrogen functional groups attached to an aromatic ring is 1. The van der Waals surface area contributed by atoms with Gasteiger partial charge >= 0.3 is 0 Å². The van der Waals surface area contributed by atoms with E-state index in [1.54, 1.807) is 30.2 Å². The third-order valence-electron chi connectivity index (χ3n) is 2.93. The molecule has 2 heterocycles. The first-order valence-corrected chi connectivity index (χ1v) is 8.15. The first kappa shape index (κ1) is 14.1. The number of ether oxygens (including phenoxy) is 1. The molecule has 0 atom stereocenters. The molecule has 0 amide bonds. The molecule has 0 fully saturated rings. The number of nitrogens with zero attached hydrogens (tertiary/aromatic N) is 2. The van der Waals surface area contributed by atoms with Crippen LogP contribution in [0.1, 0.15) is 5.82 Å². The molecule has 0 unspecified atom stereocenters. The van der Waals surface area contributed by atoms with E-state index in [0.29, 0.717) is 11.6 Å². The van der Waals surface area contributed by atoms with Crippen LogP contribution < -0.4 is 16.0 Å². The van der Waals surface area contributed by atoms with Crippen LogP contribution in [0.4, 0.5) is 5.82 Å². The number of hydrogen-bond donors (Lipinski definition) is 2. The maximum absolute atomic E-state index is 5.53. The number of fused-ring (bicyclic) bond motifs is 1. The Bertz CT molecular complexity index is 760. The van der Waals surface area contributed by atoms with Crippen molar-refractivity contribution in [2.45, 2.75) is 10.6 Å². The fourth-order valence-electron chi connectivity index (χ4n) is 1.95. The van der Waals surface area contributed by atoms with Crippen molar-refractivity contribution in [3.63, 3.8) is 0 Å². The summed E-state index contributed by atoms with van der Waals surface area (Å²) in [5.41, 5.74) is 2.64. The molecule has 0 spiro atoms. The van der Waals surface area contributed by atoms with Gasteiger partial charge in [0.1, 0.15) is 16.4 Å². The van der Waals surface area contributed by atoms with Crippen LogP contribution >= 0.6 is 23.1 Å². The third kappa shape index (κ3) is 2.94. The van der Waals surface area contributed by atoms with E-state index in [0.717, 1.165) is 26.7 Å². The lowest BCUT2D eigenvalue weighted by molar-refractivity contribution is 0.405. The zero-order chi connectivity index (χ0) is 14.7. The molecule has 1 aromatic carbocycles. The third-order valence-corrected chi connectivity index (χ3v) is 4.79. The average molecular weight is 318 g/mol. The second-order valence-corrected chi connectivity index (χ2v) is 6.12. The molecule has 0 aliphatic carbocycles. The molecule has 108 valence electrons. The molecule has 2 aromatic heterocycles. The Balaban J connectivity index is 1.85. The maximum Gasteiger partial charge on any atom is 0.152 e. The molecule has 3 aromatic rings. The van der Waals surface area contributed by atoms with Crippen LogP contribution in [0.3, 0.4) is 0 Å². The topological polar surface area (TPSA) is 73.1 Å². The lowest BCUT2D eigenvalue weighted by Crippen LogP contribution is -2.10. The van der Waals surface area contributed by atoms with Crippen molar-refractivity contribution in [2.75, 3.05) is 12.5 Å². The molecule has 0 bridgehead atoms. The van der Waals surface area contributed by atoms with Crippen molar-refractivity contribution in [1.82, 2.24) is 9.97 Å². The molecule has 5 nitrogen and oxygen atoms in total. The van der Waals surface area contributed by atoms with Crippen molar-refractivity contribution >= 4 is 39.1 Å². The van der Waals surface area contributed by atoms with E-state index in [2.05, 4.69) is 15.4 Å².